The molecule has 0 bridgehead atoms. The number of carbonyl (C=O) groups excluding carboxylic acids is 2. The molecule has 2 amide bonds. The first-order valence-corrected chi connectivity index (χ1v) is 11.6. The van der Waals surface area contributed by atoms with Crippen LogP contribution in [0.2, 0.25) is 0 Å². The van der Waals surface area contributed by atoms with Crippen LogP contribution in [0.3, 0.4) is 0 Å². The monoisotopic (exact) mass is 480 g/mol. The van der Waals surface area contributed by atoms with Crippen molar-refractivity contribution in [1.82, 2.24) is 14.6 Å². The second kappa shape index (κ2) is 12.4. The summed E-state index contributed by atoms with van der Waals surface area (Å²) in [6.07, 6.45) is 4.39. The zero-order valence-electron chi connectivity index (χ0n) is 18.8. The summed E-state index contributed by atoms with van der Waals surface area (Å²) in [7, 11) is 2.69. The standard InChI is InChI=1S/C22H29FN4O5S/c1-30-16-7-8-17(23)15(13-16)14-32-19-18(21(28)31-2)20(33-26-19)25-22(29)24-9-3-4-10-27-11-5-6-12-27/h7-8,13H,3-6,9-12,14H2,1-2H3,(H2,24,25,29). The summed E-state index contributed by atoms with van der Waals surface area (Å²) in [6.45, 7) is 3.69. The van der Waals surface area contributed by atoms with Crippen molar-refractivity contribution in [2.24, 2.45) is 0 Å². The van der Waals surface area contributed by atoms with Crippen molar-refractivity contribution >= 4 is 28.5 Å². The highest BCUT2D eigenvalue weighted by Crippen LogP contribution is 2.32. The highest BCUT2D eigenvalue weighted by Gasteiger charge is 2.25. The third kappa shape index (κ3) is 7.03. The Kier molecular flexibility index (Phi) is 9.25. The average Bonchev–Trinajstić information content (AvgIpc) is 3.48. The number of rotatable bonds is 11. The summed E-state index contributed by atoms with van der Waals surface area (Å²) in [4.78, 5) is 27.0. The Balaban J connectivity index is 1.55. The van der Waals surface area contributed by atoms with E-state index in [1.165, 1.54) is 45.3 Å². The predicted octanol–water partition coefficient (Wildman–Crippen LogP) is 3.65. The molecule has 0 unspecified atom stereocenters. The molecular formula is C22H29FN4O5S. The maximum absolute atomic E-state index is 14.1. The average molecular weight is 481 g/mol. The van der Waals surface area contributed by atoms with Crippen LogP contribution in [0.5, 0.6) is 11.6 Å². The third-order valence-corrected chi connectivity index (χ3v) is 6.03. The van der Waals surface area contributed by atoms with Crippen LogP contribution < -0.4 is 20.1 Å². The Morgan fingerprint density at radius 3 is 2.73 bits per heavy atom. The lowest BCUT2D eigenvalue weighted by Gasteiger charge is -2.14. The summed E-state index contributed by atoms with van der Waals surface area (Å²) >= 11 is 0.883. The number of likely N-dealkylation sites (tertiary alicyclic amines) is 1. The van der Waals surface area contributed by atoms with Gasteiger partial charge in [-0.1, -0.05) is 0 Å². The van der Waals surface area contributed by atoms with E-state index in [2.05, 4.69) is 19.9 Å². The molecule has 2 N–H and O–H groups in total. The van der Waals surface area contributed by atoms with E-state index in [0.717, 1.165) is 44.0 Å². The predicted molar refractivity (Wildman–Crippen MR) is 123 cm³/mol. The Labute approximate surface area is 196 Å². The number of nitrogens with one attached hydrogen (secondary N) is 2. The van der Waals surface area contributed by atoms with E-state index in [-0.39, 0.29) is 28.6 Å². The Bertz CT molecular complexity index is 949. The van der Waals surface area contributed by atoms with Crippen LogP contribution in [0.25, 0.3) is 0 Å². The number of anilines is 1. The van der Waals surface area contributed by atoms with Crippen molar-refractivity contribution < 1.29 is 28.2 Å². The fourth-order valence-corrected chi connectivity index (χ4v) is 4.21. The largest absolute Gasteiger partial charge is 0.497 e. The maximum Gasteiger partial charge on any atom is 0.346 e. The molecule has 3 rings (SSSR count). The van der Waals surface area contributed by atoms with E-state index in [1.807, 2.05) is 0 Å². The SMILES string of the molecule is COC(=O)c1c(OCc2cc(OC)ccc2F)nsc1NC(=O)NCCCCN1CCCC1. The van der Waals surface area contributed by atoms with Gasteiger partial charge in [-0.05, 0) is 75.0 Å². The molecule has 2 heterocycles. The lowest BCUT2D eigenvalue weighted by atomic mass is 10.2. The normalized spacial score (nSPS) is 13.5. The third-order valence-electron chi connectivity index (χ3n) is 5.28. The summed E-state index contributed by atoms with van der Waals surface area (Å²) in [5.41, 5.74) is 0.217. The molecule has 1 aliphatic rings. The number of urea groups is 1. The number of aromatic nitrogens is 1. The van der Waals surface area contributed by atoms with Crippen molar-refractivity contribution in [3.05, 3.63) is 35.1 Å². The van der Waals surface area contributed by atoms with Crippen LogP contribution >= 0.6 is 11.5 Å². The number of hydrogen-bond donors (Lipinski definition) is 2. The summed E-state index contributed by atoms with van der Waals surface area (Å²) in [6, 6.07) is 3.81. The second-order valence-electron chi connectivity index (χ2n) is 7.57. The number of unbranched alkanes of at least 4 members (excludes halogenated alkanes) is 1. The van der Waals surface area contributed by atoms with Gasteiger partial charge in [-0.2, -0.15) is 4.37 Å². The number of carbonyl (C=O) groups is 2. The number of esters is 1. The molecule has 0 radical (unpaired) electrons. The van der Waals surface area contributed by atoms with Gasteiger partial charge < -0.3 is 24.4 Å². The second-order valence-corrected chi connectivity index (χ2v) is 8.34. The topological polar surface area (TPSA) is 102 Å². The fraction of sp³-hybridized carbons (Fsp3) is 0.500. The molecule has 1 fully saturated rings. The zero-order chi connectivity index (χ0) is 23.6. The number of methoxy groups -OCH3 is 2. The first kappa shape index (κ1) is 24.7. The zero-order valence-corrected chi connectivity index (χ0v) is 19.6. The molecule has 11 heteroatoms. The summed E-state index contributed by atoms with van der Waals surface area (Å²) in [5, 5.41) is 5.60. The molecular weight excluding hydrogens is 451 g/mol. The molecule has 0 aliphatic carbocycles. The van der Waals surface area contributed by atoms with Crippen LogP contribution in [0.4, 0.5) is 14.2 Å². The maximum atomic E-state index is 14.1. The van der Waals surface area contributed by atoms with Gasteiger partial charge in [0.25, 0.3) is 0 Å². The van der Waals surface area contributed by atoms with Crippen molar-refractivity contribution in [1.29, 1.82) is 0 Å². The first-order chi connectivity index (χ1) is 16.0. The van der Waals surface area contributed by atoms with E-state index in [1.54, 1.807) is 0 Å². The molecule has 1 saturated heterocycles. The molecule has 0 atom stereocenters. The van der Waals surface area contributed by atoms with Crippen LogP contribution in [-0.2, 0) is 11.3 Å². The van der Waals surface area contributed by atoms with E-state index < -0.39 is 17.8 Å². The van der Waals surface area contributed by atoms with Crippen molar-refractivity contribution in [3.63, 3.8) is 0 Å². The van der Waals surface area contributed by atoms with Gasteiger partial charge in [0.05, 0.1) is 14.2 Å². The van der Waals surface area contributed by atoms with E-state index in [9.17, 15) is 14.0 Å². The van der Waals surface area contributed by atoms with Crippen molar-refractivity contribution in [2.45, 2.75) is 32.3 Å². The van der Waals surface area contributed by atoms with Gasteiger partial charge in [0, 0.05) is 12.1 Å². The molecule has 9 nitrogen and oxygen atoms in total. The number of hydrogen-bond acceptors (Lipinski definition) is 8. The lowest BCUT2D eigenvalue weighted by molar-refractivity contribution is 0.0596. The number of halogens is 1. The minimum atomic E-state index is -0.717. The fourth-order valence-electron chi connectivity index (χ4n) is 3.49. The molecule has 1 aliphatic heterocycles. The van der Waals surface area contributed by atoms with Gasteiger partial charge in [-0.25, -0.2) is 14.0 Å². The number of ether oxygens (including phenoxy) is 3. The van der Waals surface area contributed by atoms with Crippen LogP contribution in [0, 0.1) is 5.82 Å². The first-order valence-electron chi connectivity index (χ1n) is 10.8. The van der Waals surface area contributed by atoms with E-state index in [4.69, 9.17) is 14.2 Å². The van der Waals surface area contributed by atoms with Crippen LogP contribution in [-0.4, -0.2) is 61.7 Å². The molecule has 2 aromatic rings. The lowest BCUT2D eigenvalue weighted by Crippen LogP contribution is -2.30. The highest BCUT2D eigenvalue weighted by atomic mass is 32.1. The van der Waals surface area contributed by atoms with Gasteiger partial charge in [-0.3, -0.25) is 5.32 Å². The summed E-state index contributed by atoms with van der Waals surface area (Å²) in [5.74, 6) is -0.769. The Morgan fingerprint density at radius 1 is 1.21 bits per heavy atom. The molecule has 1 aromatic heterocycles. The van der Waals surface area contributed by atoms with Gasteiger partial charge in [0.1, 0.15) is 23.2 Å². The van der Waals surface area contributed by atoms with Gasteiger partial charge >= 0.3 is 12.0 Å². The molecule has 1 aromatic carbocycles. The smallest absolute Gasteiger partial charge is 0.346 e. The Hall–Kier alpha value is -2.92. The van der Waals surface area contributed by atoms with Crippen LogP contribution in [0.1, 0.15) is 41.6 Å². The van der Waals surface area contributed by atoms with E-state index in [0.29, 0.717) is 12.3 Å². The van der Waals surface area contributed by atoms with Gasteiger partial charge in [0.15, 0.2) is 5.56 Å². The number of nitrogens with zero attached hydrogens (tertiary/aromatic N) is 2. The summed E-state index contributed by atoms with van der Waals surface area (Å²) < 4.78 is 33.6. The Morgan fingerprint density at radius 2 is 2.00 bits per heavy atom. The molecule has 0 spiro atoms. The van der Waals surface area contributed by atoms with Crippen molar-refractivity contribution in [3.8, 4) is 11.6 Å². The minimum Gasteiger partial charge on any atom is -0.497 e. The molecule has 33 heavy (non-hydrogen) atoms. The van der Waals surface area contributed by atoms with Gasteiger partial charge in [-0.15, -0.1) is 0 Å². The number of amides is 2. The minimum absolute atomic E-state index is 0.0185. The highest BCUT2D eigenvalue weighted by molar-refractivity contribution is 7.11. The van der Waals surface area contributed by atoms with Gasteiger partial charge in [0.2, 0.25) is 5.88 Å². The van der Waals surface area contributed by atoms with E-state index >= 15 is 0 Å². The molecule has 180 valence electrons. The van der Waals surface area contributed by atoms with Crippen LogP contribution in [0.15, 0.2) is 18.2 Å². The number of benzene rings is 1. The quantitative estimate of drug-likeness (QED) is 0.374. The van der Waals surface area contributed by atoms with Crippen molar-refractivity contribution in [2.75, 3.05) is 45.7 Å². The molecule has 0 saturated carbocycles.